The van der Waals surface area contributed by atoms with Crippen molar-refractivity contribution in [1.29, 1.82) is 0 Å². The van der Waals surface area contributed by atoms with E-state index in [1.807, 2.05) is 45.0 Å². The molecule has 8 rings (SSSR count). The summed E-state index contributed by atoms with van der Waals surface area (Å²) in [4.78, 5) is 61.2. The minimum Gasteiger partial charge on any atom is -0.274 e. The van der Waals surface area contributed by atoms with Crippen LogP contribution in [0.15, 0.2) is 83.6 Å². The Bertz CT molecular complexity index is 1650. The molecular formula is C30H20Cl2N4O4S2. The fraction of sp³-hybridized carbons (Fsp3) is 0.200. The van der Waals surface area contributed by atoms with Crippen molar-refractivity contribution >= 4 is 80.9 Å². The van der Waals surface area contributed by atoms with Gasteiger partial charge in [-0.05, 0) is 59.3 Å². The molecule has 12 heteroatoms. The summed E-state index contributed by atoms with van der Waals surface area (Å²) in [7, 11) is 0. The van der Waals surface area contributed by atoms with E-state index in [0.717, 1.165) is 9.75 Å². The number of fused-ring (bicyclic) bond motifs is 5. The molecule has 2 aromatic heterocycles. The van der Waals surface area contributed by atoms with E-state index in [1.54, 1.807) is 48.5 Å². The van der Waals surface area contributed by atoms with Crippen LogP contribution in [-0.4, -0.2) is 45.7 Å². The van der Waals surface area contributed by atoms with Gasteiger partial charge in [0.15, 0.2) is 0 Å². The number of carbonyl (C=O) groups is 4. The number of thiophene rings is 2. The van der Waals surface area contributed by atoms with Crippen LogP contribution in [0.3, 0.4) is 0 Å². The van der Waals surface area contributed by atoms with Gasteiger partial charge in [-0.15, -0.1) is 22.7 Å². The first-order chi connectivity index (χ1) is 20.4. The van der Waals surface area contributed by atoms with Crippen LogP contribution in [0.25, 0.3) is 0 Å². The SMILES string of the molecule is O=C1[C@@H]2[C@@H](C(=O)N1c1cccc(Cl)c1)N1[C@H](c3cccs3)[C@@H]3C(=O)N(c4cccc(Cl)c4)C(=O)[C@@H]3N1[C@@H]2c1cccs1. The minimum atomic E-state index is -0.901. The number of halogens is 2. The van der Waals surface area contributed by atoms with E-state index in [-0.39, 0.29) is 11.8 Å². The monoisotopic (exact) mass is 634 g/mol. The summed E-state index contributed by atoms with van der Waals surface area (Å²) in [6, 6.07) is 17.9. The molecule has 4 saturated heterocycles. The summed E-state index contributed by atoms with van der Waals surface area (Å²) >= 11 is 15.4. The van der Waals surface area contributed by atoms with Crippen LogP contribution < -0.4 is 9.80 Å². The van der Waals surface area contributed by atoms with E-state index < -0.39 is 47.8 Å². The van der Waals surface area contributed by atoms with E-state index >= 15 is 0 Å². The van der Waals surface area contributed by atoms with Crippen molar-refractivity contribution in [3.63, 3.8) is 0 Å². The van der Waals surface area contributed by atoms with Gasteiger partial charge in [-0.3, -0.25) is 19.2 Å². The molecule has 0 unspecified atom stereocenters. The van der Waals surface area contributed by atoms with E-state index in [1.165, 1.54) is 32.5 Å². The van der Waals surface area contributed by atoms with Crippen molar-refractivity contribution in [2.75, 3.05) is 9.80 Å². The normalized spacial score (nSPS) is 29.1. The lowest BCUT2D eigenvalue weighted by atomic mass is 9.88. The van der Waals surface area contributed by atoms with Crippen molar-refractivity contribution in [3.8, 4) is 0 Å². The molecule has 0 N–H and O–H groups in total. The van der Waals surface area contributed by atoms with Crippen molar-refractivity contribution in [2.45, 2.75) is 24.2 Å². The number of imide groups is 2. The largest absolute Gasteiger partial charge is 0.274 e. The summed E-state index contributed by atoms with van der Waals surface area (Å²) in [6.07, 6.45) is 0. The zero-order valence-corrected chi connectivity index (χ0v) is 24.7. The number of hydrogen-bond acceptors (Lipinski definition) is 8. The molecule has 0 spiro atoms. The summed E-state index contributed by atoms with van der Waals surface area (Å²) in [5.41, 5.74) is 0.796. The molecule has 4 aromatic rings. The zero-order valence-electron chi connectivity index (χ0n) is 21.5. The van der Waals surface area contributed by atoms with Crippen molar-refractivity contribution < 1.29 is 19.2 Å². The molecule has 8 nitrogen and oxygen atoms in total. The number of carbonyl (C=O) groups excluding carboxylic acids is 4. The molecule has 6 atom stereocenters. The third-order valence-electron chi connectivity index (χ3n) is 8.53. The maximum Gasteiger partial charge on any atom is 0.253 e. The third-order valence-corrected chi connectivity index (χ3v) is 10.9. The molecule has 0 radical (unpaired) electrons. The Hall–Kier alpha value is -3.38. The van der Waals surface area contributed by atoms with Crippen LogP contribution in [-0.2, 0) is 19.2 Å². The average Bonchev–Trinajstić information content (AvgIpc) is 3.79. The first-order valence-electron chi connectivity index (χ1n) is 13.3. The molecule has 2 aromatic carbocycles. The molecule has 6 heterocycles. The highest BCUT2D eigenvalue weighted by Crippen LogP contribution is 2.60. The third kappa shape index (κ3) is 3.54. The molecule has 4 aliphatic heterocycles. The van der Waals surface area contributed by atoms with Gasteiger partial charge in [0.1, 0.15) is 12.1 Å². The Morgan fingerprint density at radius 1 is 0.524 bits per heavy atom. The number of hydrazine groups is 1. The molecule has 4 amide bonds. The van der Waals surface area contributed by atoms with Gasteiger partial charge in [0, 0.05) is 19.8 Å². The van der Waals surface area contributed by atoms with Gasteiger partial charge in [-0.25, -0.2) is 19.8 Å². The van der Waals surface area contributed by atoms with Gasteiger partial charge in [0.2, 0.25) is 11.8 Å². The predicted octanol–water partition coefficient (Wildman–Crippen LogP) is 5.56. The van der Waals surface area contributed by atoms with Crippen LogP contribution in [0.2, 0.25) is 10.0 Å². The molecule has 42 heavy (non-hydrogen) atoms. The number of rotatable bonds is 4. The lowest BCUT2D eigenvalue weighted by Crippen LogP contribution is -2.50. The summed E-state index contributed by atoms with van der Waals surface area (Å²) in [5.74, 6) is -3.09. The van der Waals surface area contributed by atoms with Gasteiger partial charge in [-0.2, -0.15) is 0 Å². The van der Waals surface area contributed by atoms with E-state index in [2.05, 4.69) is 0 Å². The number of hydrogen-bond donors (Lipinski definition) is 0. The summed E-state index contributed by atoms with van der Waals surface area (Å²) < 4.78 is 0. The standard InChI is InChI=1S/C30H20Cl2N4O4S2/c31-15-5-1-7-17(13-15)33-27(37)21-23(19-9-3-11-41-19)36-26-22(24(20-10-4-12-42-20)35(36)25(21)29(33)39)28(38)34(30(26)40)18-8-2-6-16(32)14-18/h1-14,21-26H/t21-,22-,23+,24+,25-,26+/m0/s1. The topological polar surface area (TPSA) is 81.2 Å². The zero-order chi connectivity index (χ0) is 28.9. The highest BCUT2D eigenvalue weighted by molar-refractivity contribution is 7.10. The summed E-state index contributed by atoms with van der Waals surface area (Å²) in [6.45, 7) is 0. The maximum atomic E-state index is 14.3. The molecule has 0 saturated carbocycles. The fourth-order valence-corrected chi connectivity index (χ4v) is 9.15. The van der Waals surface area contributed by atoms with Crippen molar-refractivity contribution in [1.82, 2.24) is 10.0 Å². The van der Waals surface area contributed by atoms with Crippen molar-refractivity contribution in [3.05, 3.63) is 103 Å². The molecule has 0 aliphatic carbocycles. The quantitative estimate of drug-likeness (QED) is 0.273. The fourth-order valence-electron chi connectivity index (χ4n) is 7.05. The average molecular weight is 636 g/mol. The number of anilines is 2. The van der Waals surface area contributed by atoms with Crippen molar-refractivity contribution in [2.24, 2.45) is 11.8 Å². The van der Waals surface area contributed by atoms with Gasteiger partial charge in [-0.1, -0.05) is 47.5 Å². The lowest BCUT2D eigenvalue weighted by molar-refractivity contribution is -0.135. The smallest absolute Gasteiger partial charge is 0.253 e. The van der Waals surface area contributed by atoms with Gasteiger partial charge in [0.05, 0.1) is 35.3 Å². The van der Waals surface area contributed by atoms with Gasteiger partial charge >= 0.3 is 0 Å². The number of amides is 4. The van der Waals surface area contributed by atoms with Crippen LogP contribution in [0.5, 0.6) is 0 Å². The van der Waals surface area contributed by atoms with E-state index in [4.69, 9.17) is 23.2 Å². The lowest BCUT2D eigenvalue weighted by Gasteiger charge is -2.35. The van der Waals surface area contributed by atoms with Gasteiger partial charge < -0.3 is 0 Å². The van der Waals surface area contributed by atoms with Gasteiger partial charge in [0.25, 0.3) is 11.8 Å². The highest BCUT2D eigenvalue weighted by Gasteiger charge is 2.74. The second kappa shape index (κ2) is 9.57. The van der Waals surface area contributed by atoms with Crippen LogP contribution in [0.4, 0.5) is 11.4 Å². The molecule has 4 aliphatic rings. The Balaban J connectivity index is 1.31. The van der Waals surface area contributed by atoms with Crippen LogP contribution >= 0.6 is 45.9 Å². The number of benzene rings is 2. The number of nitrogens with zero attached hydrogens (tertiary/aromatic N) is 4. The first kappa shape index (κ1) is 26.3. The molecule has 0 bridgehead atoms. The Kier molecular flexibility index (Phi) is 5.98. The van der Waals surface area contributed by atoms with E-state index in [9.17, 15) is 19.2 Å². The maximum absolute atomic E-state index is 14.3. The Labute approximate surface area is 258 Å². The summed E-state index contributed by atoms with van der Waals surface area (Å²) in [5, 5.41) is 8.37. The second-order valence-electron chi connectivity index (χ2n) is 10.6. The first-order valence-corrected chi connectivity index (χ1v) is 15.8. The van der Waals surface area contributed by atoms with Crippen LogP contribution in [0, 0.1) is 11.8 Å². The Morgan fingerprint density at radius 2 is 0.952 bits per heavy atom. The molecule has 210 valence electrons. The predicted molar refractivity (Wildman–Crippen MR) is 160 cm³/mol. The minimum absolute atomic E-state index is 0.356. The second-order valence-corrected chi connectivity index (χ2v) is 13.4. The Morgan fingerprint density at radius 3 is 1.31 bits per heavy atom. The molecular weight excluding hydrogens is 615 g/mol. The van der Waals surface area contributed by atoms with E-state index in [0.29, 0.717) is 21.4 Å². The molecule has 4 fully saturated rings. The highest BCUT2D eigenvalue weighted by atomic mass is 35.5. The van der Waals surface area contributed by atoms with Crippen LogP contribution in [0.1, 0.15) is 21.8 Å².